The van der Waals surface area contributed by atoms with E-state index in [0.717, 1.165) is 27.5 Å². The first-order chi connectivity index (χ1) is 55.8. The van der Waals surface area contributed by atoms with Crippen molar-refractivity contribution in [1.29, 1.82) is 0 Å². The third-order valence-corrected chi connectivity index (χ3v) is 20.2. The Kier molecular flexibility index (Phi) is 48.6. The summed E-state index contributed by atoms with van der Waals surface area (Å²) in [6.45, 7) is 6.40. The molecule has 0 radical (unpaired) electrons. The maximum atomic E-state index is 15.2. The van der Waals surface area contributed by atoms with Crippen LogP contribution in [0.3, 0.4) is 0 Å². The zero-order valence-corrected chi connectivity index (χ0v) is 68.4. The number of rotatable bonds is 63. The number of nitrogens with zero attached hydrogens (tertiary/aromatic N) is 1. The molecule has 1 aromatic heterocycles. The molecule has 0 spiro atoms. The fourth-order valence-electron chi connectivity index (χ4n) is 13.4. The van der Waals surface area contributed by atoms with Gasteiger partial charge < -0.3 is 121 Å². The molecule has 0 aliphatic heterocycles. The Labute approximate surface area is 683 Å². The molecule has 0 fully saturated rings. The van der Waals surface area contributed by atoms with Gasteiger partial charge in [0.2, 0.25) is 65.0 Å². The van der Waals surface area contributed by atoms with E-state index in [1.807, 2.05) is 62.4 Å². The highest BCUT2D eigenvalue weighted by Crippen LogP contribution is 2.31. The maximum absolute atomic E-state index is 15.2. The Morgan fingerprint density at radius 3 is 0.957 bits per heavy atom. The SMILES string of the molecule is CC(C)C[C@H](NC(=O)[C@H](CCCCN)NC(=O)[C@H](CCCCNC(=O)[C@H](CCCCN)NC(=O)[C@H](CCCCN)NC(=O)[C@@H](N)CCCCN)NC(=O)[C@H](CCCCN)NC(=O)[C@H](CCCCN)NC(=O)[C@@H](N)CCCCN)C(=O)N[C@@H](CCCCNc1c2ccccc2nc2ccccc12)C(=O)N[C@@H](Cc1ccc(O)cc1)C(N)=O. The molecule has 0 aliphatic rings. The number of amides is 11. The van der Waals surface area contributed by atoms with Crippen LogP contribution in [0, 0.1) is 5.92 Å². The standard InChI is InChI=1S/C82H138N22O12/c1-53(2)51-70(82(116)102-68(80(114)103-69(72(92)106)52-54-38-40-55(105)41-39-54)36-14-23-49-93-71-56-25-3-5-29-60(56)95-61-30-6-4-26-57(61)71)104-81(115)66(35-13-22-48-89)100-79(113)67(101-78(112)65(34-12-21-47-88)99-77(111)64(33-11-20-46-87)97-74(108)59(91)28-8-17-43-84)37-15-24-50-94-75(109)62(31-9-18-44-85)98-76(110)63(32-10-19-45-86)96-73(107)58(90)27-7-16-42-83/h3-6,25-26,29-30,38-41,53,58-59,62-70,105H,7-24,27-28,31-37,42-52,83-91H2,1-2H3,(H2,92,106)(H,93,95)(H,94,109)(H,96,107)(H,97,108)(H,98,110)(H,99,111)(H,100,113)(H,101,112)(H,102,116)(H,103,114)(H,104,115)/t58-,59-,62-,63-,64-,65-,66-,67-,68-,69-,70-/m0/s1. The highest BCUT2D eigenvalue weighted by molar-refractivity contribution is 6.07. The normalized spacial score (nSPS) is 14.2. The van der Waals surface area contributed by atoms with E-state index in [1.54, 1.807) is 12.1 Å². The van der Waals surface area contributed by atoms with Gasteiger partial charge in [0.05, 0.1) is 28.8 Å². The van der Waals surface area contributed by atoms with Gasteiger partial charge in [0.1, 0.15) is 60.1 Å². The molecule has 32 N–H and O–H groups in total. The van der Waals surface area contributed by atoms with Crippen molar-refractivity contribution in [3.8, 4) is 5.75 Å². The summed E-state index contributed by atoms with van der Waals surface area (Å²) in [6.07, 6.45) is 9.46. The van der Waals surface area contributed by atoms with Crippen LogP contribution in [0.1, 0.15) is 199 Å². The highest BCUT2D eigenvalue weighted by atomic mass is 16.3. The van der Waals surface area contributed by atoms with E-state index in [2.05, 4.69) is 58.5 Å². The number of nitrogens with two attached hydrogens (primary N) is 10. The Balaban J connectivity index is 1.70. The molecule has 1 heterocycles. The Morgan fingerprint density at radius 2 is 0.621 bits per heavy atom. The van der Waals surface area contributed by atoms with Gasteiger partial charge in [-0.3, -0.25) is 52.7 Å². The molecule has 648 valence electrons. The second-order valence-corrected chi connectivity index (χ2v) is 30.4. The summed E-state index contributed by atoms with van der Waals surface area (Å²) in [7, 11) is 0. The van der Waals surface area contributed by atoms with E-state index in [-0.39, 0.29) is 102 Å². The molecule has 11 amide bonds. The molecule has 34 heteroatoms. The molecule has 116 heavy (non-hydrogen) atoms. The number of phenolic OH excluding ortho intramolecular Hbond substituents is 1. The van der Waals surface area contributed by atoms with E-state index >= 15 is 9.59 Å². The summed E-state index contributed by atoms with van der Waals surface area (Å²) in [5.41, 5.74) is 62.2. The quantitative estimate of drug-likeness (QED) is 0.0213. The Morgan fingerprint density at radius 1 is 0.336 bits per heavy atom. The summed E-state index contributed by atoms with van der Waals surface area (Å²) in [4.78, 5) is 162. The van der Waals surface area contributed by atoms with Crippen LogP contribution in [0.2, 0.25) is 0 Å². The minimum Gasteiger partial charge on any atom is -0.508 e. The van der Waals surface area contributed by atoms with E-state index in [0.29, 0.717) is 160 Å². The Bertz CT molecular complexity index is 3580. The lowest BCUT2D eigenvalue weighted by Gasteiger charge is -2.28. The van der Waals surface area contributed by atoms with Crippen LogP contribution in [0.15, 0.2) is 72.8 Å². The van der Waals surface area contributed by atoms with Gasteiger partial charge in [-0.1, -0.05) is 75.2 Å². The Hall–Kier alpha value is -9.26. The smallest absolute Gasteiger partial charge is 0.243 e. The van der Waals surface area contributed by atoms with Crippen LogP contribution in [-0.2, 0) is 59.2 Å². The average molecular weight is 1620 g/mol. The fraction of sp³-hybridized carbons (Fsp3) is 0.634. The topological polar surface area (TPSA) is 613 Å². The summed E-state index contributed by atoms with van der Waals surface area (Å²) in [6, 6.07) is 8.51. The molecule has 0 saturated heterocycles. The van der Waals surface area contributed by atoms with E-state index in [1.165, 1.54) is 12.1 Å². The van der Waals surface area contributed by atoms with Gasteiger partial charge in [-0.05, 0) is 249 Å². The lowest BCUT2D eigenvalue weighted by molar-refractivity contribution is -0.136. The zero-order valence-electron chi connectivity index (χ0n) is 68.4. The molecular formula is C82H138N22O12. The molecule has 0 unspecified atom stereocenters. The number of carbonyl (C=O) groups excluding carboxylic acids is 11. The summed E-state index contributed by atoms with van der Waals surface area (Å²) >= 11 is 0. The minimum absolute atomic E-state index is 0.00450. The minimum atomic E-state index is -1.43. The highest BCUT2D eigenvalue weighted by Gasteiger charge is 2.36. The van der Waals surface area contributed by atoms with Crippen molar-refractivity contribution in [3.63, 3.8) is 0 Å². The van der Waals surface area contributed by atoms with E-state index in [4.69, 9.17) is 62.3 Å². The number of carbonyl (C=O) groups is 11. The number of pyridine rings is 1. The first kappa shape index (κ1) is 99.1. The van der Waals surface area contributed by atoms with Crippen LogP contribution < -0.4 is 116 Å². The van der Waals surface area contributed by atoms with Crippen LogP contribution in [-0.4, -0.2) is 200 Å². The molecular weight excluding hydrogens is 1490 g/mol. The van der Waals surface area contributed by atoms with E-state index in [9.17, 15) is 48.3 Å². The zero-order chi connectivity index (χ0) is 85.2. The van der Waals surface area contributed by atoms with Crippen molar-refractivity contribution in [2.75, 3.05) is 64.2 Å². The van der Waals surface area contributed by atoms with Crippen LogP contribution in [0.4, 0.5) is 5.69 Å². The number of fused-ring (bicyclic) bond motifs is 2. The van der Waals surface area contributed by atoms with Gasteiger partial charge >= 0.3 is 0 Å². The second-order valence-electron chi connectivity index (χ2n) is 30.4. The summed E-state index contributed by atoms with van der Waals surface area (Å²) in [5.74, 6) is -7.93. The molecule has 0 saturated carbocycles. The van der Waals surface area contributed by atoms with Gasteiger partial charge in [-0.25, -0.2) is 4.98 Å². The number of anilines is 1. The van der Waals surface area contributed by atoms with Crippen LogP contribution in [0.5, 0.6) is 5.75 Å². The lowest BCUT2D eigenvalue weighted by Crippen LogP contribution is -2.60. The number of primary amides is 1. The number of unbranched alkanes of at least 4 members (excludes halogenated alkanes) is 9. The van der Waals surface area contributed by atoms with E-state index < -0.39 is 131 Å². The third-order valence-electron chi connectivity index (χ3n) is 20.2. The van der Waals surface area contributed by atoms with Crippen LogP contribution in [0.25, 0.3) is 21.8 Å². The molecule has 0 aliphatic carbocycles. The number of aromatic hydroxyl groups is 1. The number of para-hydroxylation sites is 2. The summed E-state index contributed by atoms with van der Waals surface area (Å²) in [5, 5.41) is 43.6. The van der Waals surface area contributed by atoms with Crippen molar-refractivity contribution < 1.29 is 57.8 Å². The predicted octanol–water partition coefficient (Wildman–Crippen LogP) is 0.657. The molecule has 4 aromatic rings. The predicted molar refractivity (Wildman–Crippen MR) is 453 cm³/mol. The third kappa shape index (κ3) is 37.3. The van der Waals surface area contributed by atoms with Crippen molar-refractivity contribution >= 4 is 92.5 Å². The van der Waals surface area contributed by atoms with Crippen molar-refractivity contribution in [1.82, 2.24) is 58.2 Å². The fourth-order valence-corrected chi connectivity index (χ4v) is 13.4. The second kappa shape index (κ2) is 56.9. The van der Waals surface area contributed by atoms with Gasteiger partial charge in [-0.2, -0.15) is 0 Å². The molecule has 3 aromatic carbocycles. The van der Waals surface area contributed by atoms with Gasteiger partial charge in [0, 0.05) is 30.3 Å². The number of nitrogens with one attached hydrogen (secondary N) is 11. The van der Waals surface area contributed by atoms with Crippen molar-refractivity contribution in [2.45, 2.75) is 267 Å². The molecule has 11 atom stereocenters. The van der Waals surface area contributed by atoms with Crippen LogP contribution >= 0.6 is 0 Å². The number of aromatic nitrogens is 1. The number of phenols is 1. The summed E-state index contributed by atoms with van der Waals surface area (Å²) < 4.78 is 0. The molecule has 34 nitrogen and oxygen atoms in total. The van der Waals surface area contributed by atoms with Gasteiger partial charge in [-0.15, -0.1) is 0 Å². The average Bonchev–Trinajstić information content (AvgIpc) is 0.778. The molecule has 4 rings (SSSR count). The monoisotopic (exact) mass is 1620 g/mol. The first-order valence-corrected chi connectivity index (χ1v) is 41.8. The number of hydrogen-bond donors (Lipinski definition) is 22. The lowest BCUT2D eigenvalue weighted by atomic mass is 10.00. The molecule has 0 bridgehead atoms. The van der Waals surface area contributed by atoms with Gasteiger partial charge in [0.25, 0.3) is 0 Å². The number of hydrogen-bond acceptors (Lipinski definition) is 23. The largest absolute Gasteiger partial charge is 0.508 e. The van der Waals surface area contributed by atoms with Gasteiger partial charge in [0.15, 0.2) is 0 Å². The first-order valence-electron chi connectivity index (χ1n) is 41.8. The maximum Gasteiger partial charge on any atom is 0.243 e. The number of benzene rings is 3. The van der Waals surface area contributed by atoms with Crippen molar-refractivity contribution in [2.24, 2.45) is 63.3 Å². The van der Waals surface area contributed by atoms with Crippen molar-refractivity contribution in [3.05, 3.63) is 78.4 Å².